The summed E-state index contributed by atoms with van der Waals surface area (Å²) in [5.74, 6) is -0.176. The van der Waals surface area contributed by atoms with Crippen molar-refractivity contribution in [3.63, 3.8) is 0 Å². The zero-order valence-electron chi connectivity index (χ0n) is 14.0. The van der Waals surface area contributed by atoms with Crippen LogP contribution in [0.15, 0.2) is 48.5 Å². The van der Waals surface area contributed by atoms with E-state index in [2.05, 4.69) is 0 Å². The summed E-state index contributed by atoms with van der Waals surface area (Å²) in [5, 5.41) is 0.970. The summed E-state index contributed by atoms with van der Waals surface area (Å²) in [6.07, 6.45) is 2.34. The number of nitrogens with zero attached hydrogens (tertiary/aromatic N) is 1. The standard InChI is InChI=1S/C21H18FNO2/c1-25-19(24)12-17-20(13-8-10-15(22)11-9-13)16-4-2-3-5-18(16)23-21(17)14-6-7-14/h2-5,8-11,14H,6-7,12H2,1H3. The third kappa shape index (κ3) is 3.00. The molecule has 0 spiro atoms. The topological polar surface area (TPSA) is 39.2 Å². The van der Waals surface area contributed by atoms with Gasteiger partial charge in [-0.15, -0.1) is 0 Å². The number of aromatic nitrogens is 1. The fourth-order valence-corrected chi connectivity index (χ4v) is 3.31. The molecular formula is C21H18FNO2. The maximum Gasteiger partial charge on any atom is 0.310 e. The molecule has 0 saturated heterocycles. The van der Waals surface area contributed by atoms with E-state index in [0.29, 0.717) is 5.92 Å². The average Bonchev–Trinajstić information content (AvgIpc) is 3.47. The second-order valence-electron chi connectivity index (χ2n) is 6.40. The van der Waals surface area contributed by atoms with E-state index >= 15 is 0 Å². The number of esters is 1. The molecule has 3 nitrogen and oxygen atoms in total. The van der Waals surface area contributed by atoms with Crippen molar-refractivity contribution in [3.05, 3.63) is 65.6 Å². The Morgan fingerprint density at radius 2 is 1.88 bits per heavy atom. The van der Waals surface area contributed by atoms with Crippen LogP contribution < -0.4 is 0 Å². The van der Waals surface area contributed by atoms with Crippen molar-refractivity contribution in [2.45, 2.75) is 25.2 Å². The van der Waals surface area contributed by atoms with Crippen LogP contribution in [0.25, 0.3) is 22.0 Å². The lowest BCUT2D eigenvalue weighted by Crippen LogP contribution is -2.10. The highest BCUT2D eigenvalue weighted by molar-refractivity contribution is 5.98. The quantitative estimate of drug-likeness (QED) is 0.652. The fourth-order valence-electron chi connectivity index (χ4n) is 3.31. The zero-order valence-corrected chi connectivity index (χ0v) is 14.0. The number of pyridine rings is 1. The van der Waals surface area contributed by atoms with E-state index in [-0.39, 0.29) is 18.2 Å². The summed E-state index contributed by atoms with van der Waals surface area (Å²) < 4.78 is 18.3. The number of halogens is 1. The van der Waals surface area contributed by atoms with Crippen molar-refractivity contribution in [3.8, 4) is 11.1 Å². The average molecular weight is 335 g/mol. The van der Waals surface area contributed by atoms with Gasteiger partial charge in [-0.2, -0.15) is 0 Å². The first kappa shape index (κ1) is 15.8. The molecule has 0 aliphatic heterocycles. The number of para-hydroxylation sites is 1. The molecule has 1 aliphatic carbocycles. The predicted octanol–water partition coefficient (Wildman–Crippen LogP) is 4.63. The van der Waals surface area contributed by atoms with Gasteiger partial charge in [0.2, 0.25) is 0 Å². The first-order chi connectivity index (χ1) is 12.2. The number of benzene rings is 2. The summed E-state index contributed by atoms with van der Waals surface area (Å²) in [6.45, 7) is 0. The molecule has 4 rings (SSSR count). The molecule has 0 atom stereocenters. The lowest BCUT2D eigenvalue weighted by Gasteiger charge is -2.17. The molecular weight excluding hydrogens is 317 g/mol. The predicted molar refractivity (Wildman–Crippen MR) is 94.8 cm³/mol. The van der Waals surface area contributed by atoms with E-state index < -0.39 is 0 Å². The Kier molecular flexibility index (Phi) is 3.96. The number of hydrogen-bond acceptors (Lipinski definition) is 3. The largest absolute Gasteiger partial charge is 0.469 e. The molecule has 0 N–H and O–H groups in total. The van der Waals surface area contributed by atoms with Crippen molar-refractivity contribution in [2.75, 3.05) is 7.11 Å². The van der Waals surface area contributed by atoms with E-state index in [0.717, 1.165) is 46.1 Å². The SMILES string of the molecule is COC(=O)Cc1c(C2CC2)nc2ccccc2c1-c1ccc(F)cc1. The molecule has 1 fully saturated rings. The fraction of sp³-hybridized carbons (Fsp3) is 0.238. The van der Waals surface area contributed by atoms with Gasteiger partial charge in [0, 0.05) is 17.0 Å². The smallest absolute Gasteiger partial charge is 0.310 e. The first-order valence-corrected chi connectivity index (χ1v) is 8.41. The van der Waals surface area contributed by atoms with Gasteiger partial charge in [-0.25, -0.2) is 4.39 Å². The Bertz CT molecular complexity index is 946. The van der Waals surface area contributed by atoms with Crippen molar-refractivity contribution in [1.82, 2.24) is 4.98 Å². The number of rotatable bonds is 4. The maximum absolute atomic E-state index is 13.4. The molecule has 25 heavy (non-hydrogen) atoms. The Morgan fingerprint density at radius 1 is 1.16 bits per heavy atom. The van der Waals surface area contributed by atoms with Crippen molar-refractivity contribution in [1.29, 1.82) is 0 Å². The molecule has 1 saturated carbocycles. The molecule has 1 heterocycles. The number of carbonyl (C=O) groups is 1. The van der Waals surface area contributed by atoms with Crippen LogP contribution in [0.5, 0.6) is 0 Å². The lowest BCUT2D eigenvalue weighted by atomic mass is 9.91. The van der Waals surface area contributed by atoms with Crippen LogP contribution >= 0.6 is 0 Å². The number of hydrogen-bond donors (Lipinski definition) is 0. The summed E-state index contributed by atoms with van der Waals surface area (Å²) >= 11 is 0. The van der Waals surface area contributed by atoms with Crippen LogP contribution in [0, 0.1) is 5.82 Å². The van der Waals surface area contributed by atoms with Gasteiger partial charge in [-0.3, -0.25) is 9.78 Å². The molecule has 0 unspecified atom stereocenters. The highest BCUT2D eigenvalue weighted by Crippen LogP contribution is 2.45. The summed E-state index contributed by atoms with van der Waals surface area (Å²) in [6, 6.07) is 14.3. The maximum atomic E-state index is 13.4. The van der Waals surface area contributed by atoms with Gasteiger partial charge in [-0.1, -0.05) is 30.3 Å². The van der Waals surface area contributed by atoms with Gasteiger partial charge in [-0.05, 0) is 47.7 Å². The zero-order chi connectivity index (χ0) is 17.4. The minimum Gasteiger partial charge on any atom is -0.469 e. The monoisotopic (exact) mass is 335 g/mol. The van der Waals surface area contributed by atoms with Gasteiger partial charge < -0.3 is 4.74 Å². The van der Waals surface area contributed by atoms with Crippen LogP contribution in [-0.2, 0) is 16.0 Å². The molecule has 0 radical (unpaired) electrons. The molecule has 0 amide bonds. The Morgan fingerprint density at radius 3 is 2.56 bits per heavy atom. The number of ether oxygens (including phenoxy) is 1. The highest BCUT2D eigenvalue weighted by atomic mass is 19.1. The minimum atomic E-state index is -0.289. The second kappa shape index (κ2) is 6.28. The van der Waals surface area contributed by atoms with Crippen molar-refractivity contribution < 1.29 is 13.9 Å². The Balaban J connectivity index is 2.02. The number of methoxy groups -OCH3 is 1. The number of fused-ring (bicyclic) bond motifs is 1. The second-order valence-corrected chi connectivity index (χ2v) is 6.40. The minimum absolute atomic E-state index is 0.173. The van der Waals surface area contributed by atoms with Crippen molar-refractivity contribution >= 4 is 16.9 Å². The van der Waals surface area contributed by atoms with E-state index in [1.54, 1.807) is 12.1 Å². The van der Waals surface area contributed by atoms with Gasteiger partial charge in [0.1, 0.15) is 5.82 Å². The van der Waals surface area contributed by atoms with Crippen LogP contribution in [0.3, 0.4) is 0 Å². The molecule has 3 aromatic rings. The van der Waals surface area contributed by atoms with Crippen LogP contribution in [0.4, 0.5) is 4.39 Å². The number of carbonyl (C=O) groups excluding carboxylic acids is 1. The molecule has 2 aromatic carbocycles. The van der Waals surface area contributed by atoms with E-state index in [1.807, 2.05) is 24.3 Å². The summed E-state index contributed by atoms with van der Waals surface area (Å²) in [5.41, 5.74) is 4.62. The molecule has 4 heteroatoms. The molecule has 126 valence electrons. The third-order valence-corrected chi connectivity index (χ3v) is 4.67. The van der Waals surface area contributed by atoms with Crippen LogP contribution in [0.1, 0.15) is 30.0 Å². The highest BCUT2D eigenvalue weighted by Gasteiger charge is 2.31. The molecule has 1 aromatic heterocycles. The lowest BCUT2D eigenvalue weighted by molar-refractivity contribution is -0.139. The Labute approximate surface area is 145 Å². The normalized spacial score (nSPS) is 13.8. The third-order valence-electron chi connectivity index (χ3n) is 4.67. The van der Waals surface area contributed by atoms with Gasteiger partial charge >= 0.3 is 5.97 Å². The first-order valence-electron chi connectivity index (χ1n) is 8.41. The van der Waals surface area contributed by atoms with Gasteiger partial charge in [0.05, 0.1) is 19.0 Å². The van der Waals surface area contributed by atoms with E-state index in [1.165, 1.54) is 19.2 Å². The van der Waals surface area contributed by atoms with Crippen LogP contribution in [0.2, 0.25) is 0 Å². The summed E-state index contributed by atoms with van der Waals surface area (Å²) in [7, 11) is 1.39. The molecule has 0 bridgehead atoms. The van der Waals surface area contributed by atoms with Crippen LogP contribution in [-0.4, -0.2) is 18.1 Å². The van der Waals surface area contributed by atoms with E-state index in [9.17, 15) is 9.18 Å². The molecule has 1 aliphatic rings. The Hall–Kier alpha value is -2.75. The van der Waals surface area contributed by atoms with E-state index in [4.69, 9.17) is 9.72 Å². The summed E-state index contributed by atoms with van der Waals surface area (Å²) in [4.78, 5) is 16.9. The van der Waals surface area contributed by atoms with Gasteiger partial charge in [0.25, 0.3) is 0 Å². The van der Waals surface area contributed by atoms with Crippen molar-refractivity contribution in [2.24, 2.45) is 0 Å². The van der Waals surface area contributed by atoms with Gasteiger partial charge in [0.15, 0.2) is 0 Å².